The minimum Gasteiger partial charge on any atom is -0.352 e. The number of rotatable bonds is 3. The molecule has 2 N–H and O–H groups in total. The number of urea groups is 1. The highest BCUT2D eigenvalue weighted by atomic mass is 19.3. The summed E-state index contributed by atoms with van der Waals surface area (Å²) in [5, 5.41) is 14.5. The Hall–Kier alpha value is -3.73. The third-order valence-electron chi connectivity index (χ3n) is 4.99. The van der Waals surface area contributed by atoms with Gasteiger partial charge in [0.1, 0.15) is 0 Å². The molecule has 2 aromatic carbocycles. The van der Waals surface area contributed by atoms with Crippen molar-refractivity contribution >= 4 is 17.6 Å². The second-order valence-corrected chi connectivity index (χ2v) is 6.71. The predicted molar refractivity (Wildman–Crippen MR) is 101 cm³/mol. The van der Waals surface area contributed by atoms with Gasteiger partial charge in [-0.05, 0) is 29.8 Å². The van der Waals surface area contributed by atoms with Gasteiger partial charge in [0.25, 0.3) is 12.3 Å². The number of amides is 3. The average Bonchev–Trinajstić information content (AvgIpc) is 2.73. The molecule has 146 valence electrons. The van der Waals surface area contributed by atoms with Crippen LogP contribution in [0, 0.1) is 11.3 Å². The van der Waals surface area contributed by atoms with Crippen molar-refractivity contribution in [2.75, 3.05) is 11.4 Å². The number of carbonyl (C=O) groups excluding carboxylic acids is 2. The molecule has 0 saturated heterocycles. The van der Waals surface area contributed by atoms with E-state index >= 15 is 0 Å². The van der Waals surface area contributed by atoms with E-state index < -0.39 is 18.5 Å². The fourth-order valence-electron chi connectivity index (χ4n) is 3.64. The Morgan fingerprint density at radius 3 is 2.59 bits per heavy atom. The number of halogens is 2. The van der Waals surface area contributed by atoms with E-state index in [1.54, 1.807) is 30.3 Å². The summed E-state index contributed by atoms with van der Waals surface area (Å²) in [6.07, 6.45) is -2.28. The third kappa shape index (κ3) is 3.31. The highest BCUT2D eigenvalue weighted by Crippen LogP contribution is 2.37. The lowest BCUT2D eigenvalue weighted by molar-refractivity contribution is -0.118. The molecule has 2 heterocycles. The van der Waals surface area contributed by atoms with Crippen molar-refractivity contribution in [2.24, 2.45) is 0 Å². The summed E-state index contributed by atoms with van der Waals surface area (Å²) in [6.45, 7) is 0.343. The number of alkyl halides is 2. The van der Waals surface area contributed by atoms with Crippen LogP contribution in [0.5, 0.6) is 0 Å². The van der Waals surface area contributed by atoms with E-state index in [4.69, 9.17) is 5.26 Å². The van der Waals surface area contributed by atoms with Gasteiger partial charge in [-0.2, -0.15) is 5.26 Å². The first-order valence-corrected chi connectivity index (χ1v) is 8.99. The van der Waals surface area contributed by atoms with Crippen molar-refractivity contribution < 1.29 is 18.4 Å². The van der Waals surface area contributed by atoms with Crippen molar-refractivity contribution in [2.45, 2.75) is 18.9 Å². The maximum Gasteiger partial charge on any atom is 0.327 e. The smallest absolute Gasteiger partial charge is 0.327 e. The van der Waals surface area contributed by atoms with E-state index in [9.17, 15) is 18.4 Å². The minimum absolute atomic E-state index is 0.202. The number of nitrogens with one attached hydrogen (secondary N) is 2. The zero-order chi connectivity index (χ0) is 20.5. The molecule has 29 heavy (non-hydrogen) atoms. The second kappa shape index (κ2) is 7.36. The lowest BCUT2D eigenvalue weighted by Crippen LogP contribution is -2.52. The maximum absolute atomic E-state index is 13.1. The topological polar surface area (TPSA) is 85.2 Å². The number of benzene rings is 2. The maximum atomic E-state index is 13.1. The molecule has 6 nitrogen and oxygen atoms in total. The Bertz CT molecular complexity index is 1060. The SMILES string of the molecule is N#Cc1ccc([C@H]2NC(=O)N(c3cccc(C(F)F)c3)C3=C2C(=O)NCC3)cc1. The van der Waals surface area contributed by atoms with E-state index in [0.717, 1.165) is 0 Å². The molecule has 4 rings (SSSR count). The van der Waals surface area contributed by atoms with Crippen LogP contribution in [0.3, 0.4) is 0 Å². The molecule has 0 aliphatic carbocycles. The zero-order valence-corrected chi connectivity index (χ0v) is 15.2. The molecule has 3 amide bonds. The number of hydrogen-bond donors (Lipinski definition) is 2. The Morgan fingerprint density at radius 2 is 1.90 bits per heavy atom. The number of carbonyl (C=O) groups is 2. The first-order chi connectivity index (χ1) is 14.0. The van der Waals surface area contributed by atoms with Crippen LogP contribution in [-0.4, -0.2) is 18.5 Å². The minimum atomic E-state index is -2.67. The average molecular weight is 394 g/mol. The lowest BCUT2D eigenvalue weighted by Gasteiger charge is -2.39. The summed E-state index contributed by atoms with van der Waals surface area (Å²) in [4.78, 5) is 26.9. The Balaban J connectivity index is 1.82. The fraction of sp³-hybridized carbons (Fsp3) is 0.190. The van der Waals surface area contributed by atoms with Crippen LogP contribution >= 0.6 is 0 Å². The van der Waals surface area contributed by atoms with Crippen LogP contribution < -0.4 is 15.5 Å². The summed E-state index contributed by atoms with van der Waals surface area (Å²) < 4.78 is 26.3. The van der Waals surface area contributed by atoms with Crippen molar-refractivity contribution in [1.82, 2.24) is 10.6 Å². The van der Waals surface area contributed by atoms with Gasteiger partial charge >= 0.3 is 6.03 Å². The molecule has 8 heteroatoms. The Morgan fingerprint density at radius 1 is 1.14 bits per heavy atom. The summed E-state index contributed by atoms with van der Waals surface area (Å²) >= 11 is 0. The molecule has 0 fully saturated rings. The van der Waals surface area contributed by atoms with Crippen molar-refractivity contribution in [3.8, 4) is 6.07 Å². The van der Waals surface area contributed by atoms with Gasteiger partial charge in [0.2, 0.25) is 0 Å². The van der Waals surface area contributed by atoms with Crippen molar-refractivity contribution in [3.63, 3.8) is 0 Å². The first-order valence-electron chi connectivity index (χ1n) is 8.99. The first kappa shape index (κ1) is 18.6. The predicted octanol–water partition coefficient (Wildman–Crippen LogP) is 3.54. The molecule has 0 spiro atoms. The molecule has 1 atom stereocenters. The van der Waals surface area contributed by atoms with Crippen LogP contribution in [0.1, 0.15) is 35.6 Å². The highest BCUT2D eigenvalue weighted by molar-refractivity contribution is 6.05. The van der Waals surface area contributed by atoms with E-state index in [1.165, 1.54) is 23.1 Å². The normalized spacial score (nSPS) is 18.8. The van der Waals surface area contributed by atoms with Gasteiger partial charge in [0.15, 0.2) is 0 Å². The summed E-state index contributed by atoms with van der Waals surface area (Å²) in [6, 6.07) is 13.0. The van der Waals surface area contributed by atoms with Gasteiger partial charge in [-0.25, -0.2) is 13.6 Å². The van der Waals surface area contributed by atoms with Gasteiger partial charge in [-0.15, -0.1) is 0 Å². The molecular weight excluding hydrogens is 378 g/mol. The molecule has 2 aliphatic heterocycles. The molecule has 0 unspecified atom stereocenters. The van der Waals surface area contributed by atoms with Crippen LogP contribution in [0.25, 0.3) is 0 Å². The van der Waals surface area contributed by atoms with Crippen molar-refractivity contribution in [3.05, 3.63) is 76.5 Å². The van der Waals surface area contributed by atoms with E-state index in [0.29, 0.717) is 35.4 Å². The largest absolute Gasteiger partial charge is 0.352 e. The van der Waals surface area contributed by atoms with Crippen LogP contribution in [0.2, 0.25) is 0 Å². The molecular formula is C21H16F2N4O2. The molecule has 2 aliphatic rings. The summed E-state index contributed by atoms with van der Waals surface area (Å²) in [5.74, 6) is -0.323. The van der Waals surface area contributed by atoms with Crippen LogP contribution in [0.15, 0.2) is 59.8 Å². The number of nitrogens with zero attached hydrogens (tertiary/aromatic N) is 2. The standard InChI is InChI=1S/C21H16F2N4O2/c22-19(23)14-2-1-3-15(10-14)27-16-8-9-25-20(28)17(16)18(26-21(27)29)13-6-4-12(11-24)5-7-13/h1-7,10,18-19H,8-9H2,(H,25,28)(H,26,29)/t18-/m1/s1. The van der Waals surface area contributed by atoms with E-state index in [2.05, 4.69) is 10.6 Å². The monoisotopic (exact) mass is 394 g/mol. The third-order valence-corrected chi connectivity index (χ3v) is 4.99. The van der Waals surface area contributed by atoms with E-state index in [1.807, 2.05) is 6.07 Å². The van der Waals surface area contributed by atoms with Gasteiger partial charge in [-0.1, -0.05) is 24.3 Å². The van der Waals surface area contributed by atoms with Crippen molar-refractivity contribution in [1.29, 1.82) is 5.26 Å². The zero-order valence-electron chi connectivity index (χ0n) is 15.2. The van der Waals surface area contributed by atoms with Gasteiger partial charge in [0, 0.05) is 24.2 Å². The van der Waals surface area contributed by atoms with Gasteiger partial charge < -0.3 is 10.6 Å². The molecule has 0 radical (unpaired) electrons. The molecule has 0 saturated carbocycles. The second-order valence-electron chi connectivity index (χ2n) is 6.71. The summed E-state index contributed by atoms with van der Waals surface area (Å²) in [5.41, 5.74) is 2.04. The Kier molecular flexibility index (Phi) is 4.72. The fourth-order valence-corrected chi connectivity index (χ4v) is 3.64. The lowest BCUT2D eigenvalue weighted by atomic mass is 9.90. The number of hydrogen-bond acceptors (Lipinski definition) is 3. The quantitative estimate of drug-likeness (QED) is 0.835. The molecule has 0 aromatic heterocycles. The number of anilines is 1. The Labute approximate surface area is 165 Å². The van der Waals surface area contributed by atoms with Crippen LogP contribution in [0.4, 0.5) is 19.3 Å². The van der Waals surface area contributed by atoms with Crippen LogP contribution in [-0.2, 0) is 4.79 Å². The van der Waals surface area contributed by atoms with Gasteiger partial charge in [0.05, 0.1) is 28.9 Å². The molecule has 0 bridgehead atoms. The van der Waals surface area contributed by atoms with E-state index in [-0.39, 0.29) is 17.2 Å². The number of nitriles is 1. The van der Waals surface area contributed by atoms with Gasteiger partial charge in [-0.3, -0.25) is 9.69 Å². The highest BCUT2D eigenvalue weighted by Gasteiger charge is 2.39. The molecule has 2 aromatic rings. The summed E-state index contributed by atoms with van der Waals surface area (Å²) in [7, 11) is 0.